The summed E-state index contributed by atoms with van der Waals surface area (Å²) >= 11 is 0. The van der Waals surface area contributed by atoms with Gasteiger partial charge >= 0.3 is 0 Å². The number of likely N-dealkylation sites (tertiary alicyclic amines) is 1. The highest BCUT2D eigenvalue weighted by molar-refractivity contribution is 5.44. The zero-order chi connectivity index (χ0) is 13.9. The van der Waals surface area contributed by atoms with Crippen molar-refractivity contribution < 1.29 is 0 Å². The predicted octanol–water partition coefficient (Wildman–Crippen LogP) is 2.16. The molecule has 0 aliphatic carbocycles. The van der Waals surface area contributed by atoms with Gasteiger partial charge in [-0.15, -0.1) is 0 Å². The van der Waals surface area contributed by atoms with Crippen molar-refractivity contribution >= 4 is 5.69 Å². The third-order valence-electron chi connectivity index (χ3n) is 4.10. The first kappa shape index (κ1) is 13.1. The molecule has 0 saturated carbocycles. The number of anilines is 1. The summed E-state index contributed by atoms with van der Waals surface area (Å²) in [6.07, 6.45) is 9.68. The van der Waals surface area contributed by atoms with Crippen molar-refractivity contribution in [3.8, 4) is 5.82 Å². The fourth-order valence-electron chi connectivity index (χ4n) is 2.68. The lowest BCUT2D eigenvalue weighted by atomic mass is 9.99. The van der Waals surface area contributed by atoms with Crippen LogP contribution in [-0.2, 0) is 0 Å². The van der Waals surface area contributed by atoms with Crippen LogP contribution >= 0.6 is 0 Å². The molecule has 3 rings (SSSR count). The molecule has 1 aliphatic heterocycles. The maximum Gasteiger partial charge on any atom is 0.137 e. The van der Waals surface area contributed by atoms with Crippen LogP contribution in [0.1, 0.15) is 19.8 Å². The van der Waals surface area contributed by atoms with Gasteiger partial charge in [0.1, 0.15) is 12.1 Å². The second-order valence-electron chi connectivity index (χ2n) is 5.57. The Bertz CT molecular complexity index is 534. The molecule has 0 bridgehead atoms. The quantitative estimate of drug-likeness (QED) is 0.929. The fourth-order valence-corrected chi connectivity index (χ4v) is 2.68. The summed E-state index contributed by atoms with van der Waals surface area (Å²) in [5.74, 6) is 0.893. The van der Waals surface area contributed by atoms with E-state index in [2.05, 4.69) is 40.2 Å². The molecule has 1 N–H and O–H groups in total. The van der Waals surface area contributed by atoms with Crippen LogP contribution in [0, 0.1) is 0 Å². The molecule has 1 fully saturated rings. The van der Waals surface area contributed by atoms with E-state index in [-0.39, 0.29) is 0 Å². The number of hydrogen-bond acceptors (Lipinski definition) is 4. The van der Waals surface area contributed by atoms with Crippen LogP contribution in [0.25, 0.3) is 5.82 Å². The van der Waals surface area contributed by atoms with Crippen molar-refractivity contribution in [3.05, 3.63) is 37.1 Å². The van der Waals surface area contributed by atoms with Gasteiger partial charge < -0.3 is 10.2 Å². The van der Waals surface area contributed by atoms with Gasteiger partial charge in [-0.25, -0.2) is 9.97 Å². The summed E-state index contributed by atoms with van der Waals surface area (Å²) in [6, 6.07) is 5.29. The number of nitrogens with one attached hydrogen (secondary N) is 1. The topological polar surface area (TPSA) is 46.0 Å². The molecule has 20 heavy (non-hydrogen) atoms. The monoisotopic (exact) mass is 271 g/mol. The maximum atomic E-state index is 4.47. The van der Waals surface area contributed by atoms with Gasteiger partial charge in [-0.2, -0.15) is 0 Å². The summed E-state index contributed by atoms with van der Waals surface area (Å²) < 4.78 is 1.90. The molecule has 0 aromatic carbocycles. The molecule has 106 valence electrons. The molecule has 1 aliphatic rings. The second-order valence-corrected chi connectivity index (χ2v) is 5.57. The number of nitrogens with zero attached hydrogens (tertiary/aromatic N) is 4. The Balaban J connectivity index is 1.64. The van der Waals surface area contributed by atoms with E-state index in [9.17, 15) is 0 Å². The normalized spacial score (nSPS) is 23.7. The molecule has 2 unspecified atom stereocenters. The Kier molecular flexibility index (Phi) is 3.69. The third kappa shape index (κ3) is 2.82. The number of pyridine rings is 1. The number of imidazole rings is 1. The second kappa shape index (κ2) is 5.63. The molecular formula is C15H21N5. The summed E-state index contributed by atoms with van der Waals surface area (Å²) in [4.78, 5) is 10.9. The molecule has 5 nitrogen and oxygen atoms in total. The number of piperidine rings is 1. The first-order valence-electron chi connectivity index (χ1n) is 7.13. The lowest BCUT2D eigenvalue weighted by molar-refractivity contribution is 0.190. The average molecular weight is 271 g/mol. The van der Waals surface area contributed by atoms with Gasteiger partial charge in [-0.3, -0.25) is 4.57 Å². The number of aromatic nitrogens is 3. The van der Waals surface area contributed by atoms with Gasteiger partial charge in [0.15, 0.2) is 0 Å². The van der Waals surface area contributed by atoms with E-state index >= 15 is 0 Å². The molecule has 3 heterocycles. The Morgan fingerprint density at radius 2 is 2.25 bits per heavy atom. The molecular weight excluding hydrogens is 250 g/mol. The number of hydrogen-bond donors (Lipinski definition) is 1. The van der Waals surface area contributed by atoms with Gasteiger partial charge in [-0.05, 0) is 38.9 Å². The van der Waals surface area contributed by atoms with E-state index in [1.165, 1.54) is 12.8 Å². The van der Waals surface area contributed by atoms with Crippen LogP contribution in [0.15, 0.2) is 37.1 Å². The van der Waals surface area contributed by atoms with E-state index in [4.69, 9.17) is 0 Å². The molecule has 2 aromatic rings. The lowest BCUT2D eigenvalue weighted by Crippen LogP contribution is -2.42. The van der Waals surface area contributed by atoms with Crippen molar-refractivity contribution in [2.24, 2.45) is 0 Å². The lowest BCUT2D eigenvalue weighted by Gasteiger charge is -2.35. The molecule has 1 saturated heterocycles. The van der Waals surface area contributed by atoms with Gasteiger partial charge in [0.25, 0.3) is 0 Å². The van der Waals surface area contributed by atoms with Crippen molar-refractivity contribution in [2.75, 3.05) is 18.9 Å². The number of rotatable bonds is 3. The first-order valence-corrected chi connectivity index (χ1v) is 7.13. The molecule has 0 spiro atoms. The van der Waals surface area contributed by atoms with Gasteiger partial charge in [0.2, 0.25) is 0 Å². The van der Waals surface area contributed by atoms with Crippen LogP contribution in [-0.4, -0.2) is 45.1 Å². The molecule has 0 radical (unpaired) electrons. The van der Waals surface area contributed by atoms with Crippen molar-refractivity contribution in [1.82, 2.24) is 19.4 Å². The SMILES string of the molecule is CC1CC(Nc2ccc(-n3ccnc3)nc2)CCN1C. The minimum absolute atomic E-state index is 0.544. The van der Waals surface area contributed by atoms with Crippen LogP contribution in [0.4, 0.5) is 5.69 Å². The minimum atomic E-state index is 0.544. The minimum Gasteiger partial charge on any atom is -0.381 e. The highest BCUT2D eigenvalue weighted by Gasteiger charge is 2.22. The molecule has 2 atom stereocenters. The summed E-state index contributed by atoms with van der Waals surface area (Å²) in [5.41, 5.74) is 1.09. The average Bonchev–Trinajstić information content (AvgIpc) is 2.98. The fraction of sp³-hybridized carbons (Fsp3) is 0.467. The summed E-state index contributed by atoms with van der Waals surface area (Å²) in [6.45, 7) is 3.44. The van der Waals surface area contributed by atoms with Crippen molar-refractivity contribution in [3.63, 3.8) is 0 Å². The largest absolute Gasteiger partial charge is 0.381 e. The van der Waals surface area contributed by atoms with E-state index < -0.39 is 0 Å². The summed E-state index contributed by atoms with van der Waals surface area (Å²) in [7, 11) is 2.20. The van der Waals surface area contributed by atoms with Gasteiger partial charge in [0, 0.05) is 31.0 Å². The zero-order valence-electron chi connectivity index (χ0n) is 12.0. The Hall–Kier alpha value is -1.88. The van der Waals surface area contributed by atoms with E-state index in [1.807, 2.05) is 23.0 Å². The maximum absolute atomic E-state index is 4.47. The molecule has 0 amide bonds. The van der Waals surface area contributed by atoms with E-state index in [1.54, 1.807) is 12.5 Å². The Morgan fingerprint density at radius 1 is 1.35 bits per heavy atom. The standard InChI is InChI=1S/C15H21N5/c1-12-9-13(5-7-19(12)2)18-14-3-4-15(17-10-14)20-8-6-16-11-20/h3-4,6,8,10-13,18H,5,7,9H2,1-2H3. The molecule has 2 aromatic heterocycles. The summed E-state index contributed by atoms with van der Waals surface area (Å²) in [5, 5.41) is 3.59. The van der Waals surface area contributed by atoms with Crippen molar-refractivity contribution in [1.29, 1.82) is 0 Å². The predicted molar refractivity (Wildman–Crippen MR) is 80.1 cm³/mol. The highest BCUT2D eigenvalue weighted by atomic mass is 15.1. The Morgan fingerprint density at radius 3 is 2.90 bits per heavy atom. The van der Waals surface area contributed by atoms with E-state index in [0.717, 1.165) is 18.1 Å². The van der Waals surface area contributed by atoms with Crippen LogP contribution < -0.4 is 5.32 Å². The van der Waals surface area contributed by atoms with Crippen molar-refractivity contribution in [2.45, 2.75) is 31.8 Å². The molecule has 5 heteroatoms. The smallest absolute Gasteiger partial charge is 0.137 e. The van der Waals surface area contributed by atoms with Gasteiger partial charge in [-0.1, -0.05) is 0 Å². The zero-order valence-corrected chi connectivity index (χ0v) is 12.0. The Labute approximate surface area is 119 Å². The van der Waals surface area contributed by atoms with Crippen LogP contribution in [0.3, 0.4) is 0 Å². The van der Waals surface area contributed by atoms with Crippen LogP contribution in [0.2, 0.25) is 0 Å². The van der Waals surface area contributed by atoms with E-state index in [0.29, 0.717) is 12.1 Å². The highest BCUT2D eigenvalue weighted by Crippen LogP contribution is 2.20. The first-order chi connectivity index (χ1) is 9.72. The van der Waals surface area contributed by atoms with Gasteiger partial charge in [0.05, 0.1) is 11.9 Å². The van der Waals surface area contributed by atoms with Crippen LogP contribution in [0.5, 0.6) is 0 Å². The third-order valence-corrected chi connectivity index (χ3v) is 4.10.